The molecule has 1 atom stereocenters. The molecule has 1 aliphatic rings. The maximum Gasteiger partial charge on any atom is 0.407 e. The van der Waals surface area contributed by atoms with Gasteiger partial charge >= 0.3 is 6.09 Å². The molecule has 16 heavy (non-hydrogen) atoms. The highest BCUT2D eigenvalue weighted by molar-refractivity contribution is 5.69. The van der Waals surface area contributed by atoms with Crippen LogP contribution in [0.3, 0.4) is 0 Å². The van der Waals surface area contributed by atoms with Gasteiger partial charge in [0.25, 0.3) is 0 Å². The minimum Gasteiger partial charge on any atom is -0.508 e. The van der Waals surface area contributed by atoms with Crippen LogP contribution in [0.5, 0.6) is 11.5 Å². The van der Waals surface area contributed by atoms with Crippen LogP contribution in [0.2, 0.25) is 0 Å². The standard InChI is InChI=1S/C11H13NO4/c1-15-10-6-7(13)2-3-8(10)9-4-5-16-11(14)12-9/h2-3,6,9,13H,4-5H2,1H3,(H,12,14)/t9-/m1/s1. The van der Waals surface area contributed by atoms with E-state index in [9.17, 15) is 9.90 Å². The van der Waals surface area contributed by atoms with Gasteiger partial charge in [0.05, 0.1) is 19.8 Å². The molecule has 0 aliphatic carbocycles. The number of methoxy groups -OCH3 is 1. The molecule has 1 saturated heterocycles. The SMILES string of the molecule is COc1cc(O)ccc1[C@H]1CCOC(=O)N1. The van der Waals surface area contributed by atoms with E-state index in [4.69, 9.17) is 9.47 Å². The molecule has 5 heteroatoms. The lowest BCUT2D eigenvalue weighted by molar-refractivity contribution is 0.115. The summed E-state index contributed by atoms with van der Waals surface area (Å²) in [7, 11) is 1.53. The summed E-state index contributed by atoms with van der Waals surface area (Å²) < 4.78 is 9.95. The molecule has 2 N–H and O–H groups in total. The van der Waals surface area contributed by atoms with Crippen molar-refractivity contribution < 1.29 is 19.4 Å². The quantitative estimate of drug-likeness (QED) is 0.798. The average molecular weight is 223 g/mol. The van der Waals surface area contributed by atoms with Crippen LogP contribution in [0.25, 0.3) is 0 Å². The van der Waals surface area contributed by atoms with Crippen LogP contribution in [0.1, 0.15) is 18.0 Å². The van der Waals surface area contributed by atoms with Crippen LogP contribution in [-0.4, -0.2) is 24.9 Å². The van der Waals surface area contributed by atoms with E-state index in [1.54, 1.807) is 12.1 Å². The minimum atomic E-state index is -0.425. The zero-order valence-corrected chi connectivity index (χ0v) is 8.90. The van der Waals surface area contributed by atoms with Gasteiger partial charge in [-0.05, 0) is 12.1 Å². The number of aromatic hydroxyl groups is 1. The third-order valence-electron chi connectivity index (χ3n) is 2.52. The Kier molecular flexibility index (Phi) is 2.85. The van der Waals surface area contributed by atoms with Gasteiger partial charge in [-0.3, -0.25) is 0 Å². The second kappa shape index (κ2) is 4.30. The monoisotopic (exact) mass is 223 g/mol. The molecule has 1 aromatic carbocycles. The smallest absolute Gasteiger partial charge is 0.407 e. The van der Waals surface area contributed by atoms with Crippen molar-refractivity contribution in [3.05, 3.63) is 23.8 Å². The van der Waals surface area contributed by atoms with Gasteiger partial charge in [0.1, 0.15) is 11.5 Å². The molecule has 0 radical (unpaired) electrons. The molecule has 0 bridgehead atoms. The Morgan fingerprint density at radius 3 is 3.06 bits per heavy atom. The number of cyclic esters (lactones) is 1. The number of phenolic OH excluding ortho intramolecular Hbond substituents is 1. The lowest BCUT2D eigenvalue weighted by atomic mass is 10.0. The molecule has 86 valence electrons. The van der Waals surface area contributed by atoms with Crippen LogP contribution < -0.4 is 10.1 Å². The fraction of sp³-hybridized carbons (Fsp3) is 0.364. The number of rotatable bonds is 2. The van der Waals surface area contributed by atoms with Crippen LogP contribution in [0, 0.1) is 0 Å². The zero-order valence-electron chi connectivity index (χ0n) is 8.90. The number of hydrogen-bond acceptors (Lipinski definition) is 4. The van der Waals surface area contributed by atoms with Gasteiger partial charge in [-0.1, -0.05) is 0 Å². The Bertz CT molecular complexity index is 405. The van der Waals surface area contributed by atoms with E-state index in [0.717, 1.165) is 5.56 Å². The molecule has 1 amide bonds. The molecule has 0 aromatic heterocycles. The van der Waals surface area contributed by atoms with E-state index in [-0.39, 0.29) is 11.8 Å². The summed E-state index contributed by atoms with van der Waals surface area (Å²) >= 11 is 0. The minimum absolute atomic E-state index is 0.128. The molecular formula is C11H13NO4. The molecule has 1 fully saturated rings. The molecule has 0 saturated carbocycles. The Labute approximate surface area is 93.0 Å². The first kappa shape index (κ1) is 10.6. The Morgan fingerprint density at radius 1 is 1.56 bits per heavy atom. The first-order chi connectivity index (χ1) is 7.70. The first-order valence-corrected chi connectivity index (χ1v) is 5.01. The van der Waals surface area contributed by atoms with Crippen LogP contribution in [-0.2, 0) is 4.74 Å². The lowest BCUT2D eigenvalue weighted by Gasteiger charge is -2.25. The Balaban J connectivity index is 2.28. The summed E-state index contributed by atoms with van der Waals surface area (Å²) in [6, 6.07) is 4.71. The van der Waals surface area contributed by atoms with Crippen molar-refractivity contribution in [2.75, 3.05) is 13.7 Å². The van der Waals surface area contributed by atoms with E-state index >= 15 is 0 Å². The number of amides is 1. The largest absolute Gasteiger partial charge is 0.508 e. The summed E-state index contributed by atoms with van der Waals surface area (Å²) in [4.78, 5) is 11.1. The van der Waals surface area contributed by atoms with Crippen molar-refractivity contribution in [1.29, 1.82) is 0 Å². The van der Waals surface area contributed by atoms with Crippen molar-refractivity contribution in [3.8, 4) is 11.5 Å². The molecular weight excluding hydrogens is 210 g/mol. The van der Waals surface area contributed by atoms with Gasteiger partial charge in [0, 0.05) is 18.1 Å². The Hall–Kier alpha value is -1.91. The number of carbonyl (C=O) groups excluding carboxylic acids is 1. The number of phenols is 1. The molecule has 1 heterocycles. The third kappa shape index (κ3) is 2.03. The van der Waals surface area contributed by atoms with Gasteiger partial charge in [0.15, 0.2) is 0 Å². The number of alkyl carbamates (subject to hydrolysis) is 1. The van der Waals surface area contributed by atoms with Gasteiger partial charge in [0.2, 0.25) is 0 Å². The molecule has 1 aromatic rings. The van der Waals surface area contributed by atoms with Gasteiger partial charge in [-0.2, -0.15) is 0 Å². The fourth-order valence-corrected chi connectivity index (χ4v) is 1.75. The normalized spacial score (nSPS) is 19.8. The average Bonchev–Trinajstić information content (AvgIpc) is 2.28. The van der Waals surface area contributed by atoms with Gasteiger partial charge in [-0.15, -0.1) is 0 Å². The van der Waals surface area contributed by atoms with Crippen LogP contribution >= 0.6 is 0 Å². The van der Waals surface area contributed by atoms with E-state index in [1.807, 2.05) is 0 Å². The van der Waals surface area contributed by atoms with Crippen molar-refractivity contribution in [2.45, 2.75) is 12.5 Å². The number of benzene rings is 1. The van der Waals surface area contributed by atoms with E-state index in [1.165, 1.54) is 13.2 Å². The second-order valence-corrected chi connectivity index (χ2v) is 3.55. The van der Waals surface area contributed by atoms with Gasteiger partial charge < -0.3 is 19.9 Å². The molecule has 0 unspecified atom stereocenters. The topological polar surface area (TPSA) is 67.8 Å². The fourth-order valence-electron chi connectivity index (χ4n) is 1.75. The first-order valence-electron chi connectivity index (χ1n) is 5.01. The highest BCUT2D eigenvalue weighted by Gasteiger charge is 2.23. The highest BCUT2D eigenvalue weighted by atomic mass is 16.6. The zero-order chi connectivity index (χ0) is 11.5. The highest BCUT2D eigenvalue weighted by Crippen LogP contribution is 2.31. The predicted molar refractivity (Wildman–Crippen MR) is 56.5 cm³/mol. The van der Waals surface area contributed by atoms with Crippen molar-refractivity contribution >= 4 is 6.09 Å². The van der Waals surface area contributed by atoms with Crippen LogP contribution in [0.15, 0.2) is 18.2 Å². The van der Waals surface area contributed by atoms with Crippen molar-refractivity contribution in [3.63, 3.8) is 0 Å². The lowest BCUT2D eigenvalue weighted by Crippen LogP contribution is -2.35. The molecule has 0 spiro atoms. The summed E-state index contributed by atoms with van der Waals surface area (Å²) in [6.45, 7) is 0.389. The second-order valence-electron chi connectivity index (χ2n) is 3.55. The predicted octanol–water partition coefficient (Wildman–Crippen LogP) is 1.57. The van der Waals surface area contributed by atoms with Crippen molar-refractivity contribution in [2.24, 2.45) is 0 Å². The number of nitrogens with one attached hydrogen (secondary N) is 1. The number of ether oxygens (including phenoxy) is 2. The Morgan fingerprint density at radius 2 is 2.38 bits per heavy atom. The maximum absolute atomic E-state index is 11.1. The summed E-state index contributed by atoms with van der Waals surface area (Å²) in [5, 5.41) is 12.0. The number of carbonyl (C=O) groups is 1. The van der Waals surface area contributed by atoms with Gasteiger partial charge in [-0.25, -0.2) is 4.79 Å². The van der Waals surface area contributed by atoms with E-state index < -0.39 is 6.09 Å². The summed E-state index contributed by atoms with van der Waals surface area (Å²) in [5.74, 6) is 0.700. The summed E-state index contributed by atoms with van der Waals surface area (Å²) in [6.07, 6.45) is 0.263. The number of hydrogen-bond donors (Lipinski definition) is 2. The van der Waals surface area contributed by atoms with E-state index in [2.05, 4.69) is 5.32 Å². The van der Waals surface area contributed by atoms with Crippen molar-refractivity contribution in [1.82, 2.24) is 5.32 Å². The third-order valence-corrected chi connectivity index (χ3v) is 2.52. The van der Waals surface area contributed by atoms with E-state index in [0.29, 0.717) is 18.8 Å². The molecule has 5 nitrogen and oxygen atoms in total. The molecule has 1 aliphatic heterocycles. The maximum atomic E-state index is 11.1. The van der Waals surface area contributed by atoms with Crippen LogP contribution in [0.4, 0.5) is 4.79 Å². The molecule has 2 rings (SSSR count). The summed E-state index contributed by atoms with van der Waals surface area (Å²) in [5.41, 5.74) is 0.844.